The summed E-state index contributed by atoms with van der Waals surface area (Å²) in [6.45, 7) is 5.54. The highest BCUT2D eigenvalue weighted by molar-refractivity contribution is 5.76. The van der Waals surface area contributed by atoms with E-state index in [1.54, 1.807) is 14.2 Å². The summed E-state index contributed by atoms with van der Waals surface area (Å²) in [7, 11) is 3.21. The number of hydrogen-bond donors (Lipinski definition) is 1. The van der Waals surface area contributed by atoms with Crippen molar-refractivity contribution in [2.45, 2.75) is 38.5 Å². The van der Waals surface area contributed by atoms with Crippen LogP contribution in [0.2, 0.25) is 0 Å². The van der Waals surface area contributed by atoms with Crippen molar-refractivity contribution in [2.75, 3.05) is 20.8 Å². The molecule has 0 saturated carbocycles. The number of nitrogens with zero attached hydrogens (tertiary/aromatic N) is 1. The third kappa shape index (κ3) is 5.55. The van der Waals surface area contributed by atoms with Crippen molar-refractivity contribution in [1.82, 2.24) is 4.90 Å². The SMILES string of the molecule is C=Cc1c(COc2cc(OC)c(CN3CCCCC3C(=O)O)c(OC)c2)cccc1-c1ccccc1. The Morgan fingerprint density at radius 1 is 1.06 bits per heavy atom. The minimum absolute atomic E-state index is 0.348. The molecule has 0 aromatic heterocycles. The van der Waals surface area contributed by atoms with Gasteiger partial charge in [-0.3, -0.25) is 9.69 Å². The van der Waals surface area contributed by atoms with E-state index in [2.05, 4.69) is 24.8 Å². The molecule has 3 aromatic rings. The van der Waals surface area contributed by atoms with Crippen molar-refractivity contribution < 1.29 is 24.1 Å². The number of carboxylic acid groups (broad SMARTS) is 1. The Balaban J connectivity index is 1.58. The average Bonchev–Trinajstić information content (AvgIpc) is 2.92. The van der Waals surface area contributed by atoms with Crippen LogP contribution in [0.25, 0.3) is 17.2 Å². The maximum absolute atomic E-state index is 11.8. The van der Waals surface area contributed by atoms with Gasteiger partial charge in [0.05, 0.1) is 19.8 Å². The zero-order valence-corrected chi connectivity index (χ0v) is 20.9. The number of carbonyl (C=O) groups is 1. The Kier molecular flexibility index (Phi) is 8.28. The lowest BCUT2D eigenvalue weighted by Gasteiger charge is -2.33. The summed E-state index contributed by atoms with van der Waals surface area (Å²) >= 11 is 0. The minimum Gasteiger partial charge on any atom is -0.496 e. The zero-order chi connectivity index (χ0) is 25.5. The molecule has 4 rings (SSSR count). The van der Waals surface area contributed by atoms with E-state index in [-0.39, 0.29) is 0 Å². The maximum atomic E-state index is 11.8. The number of rotatable bonds is 10. The van der Waals surface area contributed by atoms with Gasteiger partial charge in [0.15, 0.2) is 0 Å². The molecule has 6 heteroatoms. The number of ether oxygens (including phenoxy) is 3. The number of hydrogen-bond acceptors (Lipinski definition) is 5. The molecule has 36 heavy (non-hydrogen) atoms. The van der Waals surface area contributed by atoms with Crippen molar-refractivity contribution >= 4 is 12.0 Å². The highest BCUT2D eigenvalue weighted by atomic mass is 16.5. The number of methoxy groups -OCH3 is 2. The van der Waals surface area contributed by atoms with Gasteiger partial charge < -0.3 is 19.3 Å². The summed E-state index contributed by atoms with van der Waals surface area (Å²) in [6, 6.07) is 19.5. The summed E-state index contributed by atoms with van der Waals surface area (Å²) in [4.78, 5) is 13.8. The van der Waals surface area contributed by atoms with Gasteiger partial charge in [0, 0.05) is 18.7 Å². The lowest BCUT2D eigenvalue weighted by molar-refractivity contribution is -0.144. The van der Waals surface area contributed by atoms with Gasteiger partial charge in [-0.25, -0.2) is 0 Å². The molecule has 188 valence electrons. The Bertz CT molecular complexity index is 1180. The molecular weight excluding hydrogens is 454 g/mol. The molecule has 1 heterocycles. The van der Waals surface area contributed by atoms with Crippen molar-refractivity contribution in [2.24, 2.45) is 0 Å². The number of carboxylic acids is 1. The molecule has 0 radical (unpaired) electrons. The van der Waals surface area contributed by atoms with Crippen LogP contribution < -0.4 is 14.2 Å². The summed E-state index contributed by atoms with van der Waals surface area (Å²) in [5.41, 5.74) is 5.10. The van der Waals surface area contributed by atoms with Crippen LogP contribution in [0.4, 0.5) is 0 Å². The first-order valence-electron chi connectivity index (χ1n) is 12.2. The van der Waals surface area contributed by atoms with Crippen LogP contribution >= 0.6 is 0 Å². The molecule has 0 amide bonds. The first-order chi connectivity index (χ1) is 17.5. The van der Waals surface area contributed by atoms with Crippen molar-refractivity contribution in [3.8, 4) is 28.4 Å². The predicted molar refractivity (Wildman–Crippen MR) is 142 cm³/mol. The minimum atomic E-state index is -0.789. The molecule has 1 N–H and O–H groups in total. The van der Waals surface area contributed by atoms with Gasteiger partial charge in [0.1, 0.15) is 29.9 Å². The Hall–Kier alpha value is -3.77. The fourth-order valence-corrected chi connectivity index (χ4v) is 4.87. The van der Waals surface area contributed by atoms with Gasteiger partial charge >= 0.3 is 5.97 Å². The van der Waals surface area contributed by atoms with E-state index in [1.165, 1.54) is 0 Å². The fourth-order valence-electron chi connectivity index (χ4n) is 4.87. The molecule has 0 spiro atoms. The molecule has 3 aromatic carbocycles. The van der Waals surface area contributed by atoms with Gasteiger partial charge in [-0.2, -0.15) is 0 Å². The summed E-state index contributed by atoms with van der Waals surface area (Å²) in [6.07, 6.45) is 4.41. The van der Waals surface area contributed by atoms with Gasteiger partial charge in [0.25, 0.3) is 0 Å². The van der Waals surface area contributed by atoms with Crippen LogP contribution in [-0.4, -0.2) is 42.8 Å². The molecule has 6 nitrogen and oxygen atoms in total. The Morgan fingerprint density at radius 3 is 2.42 bits per heavy atom. The molecule has 1 aliphatic heterocycles. The zero-order valence-electron chi connectivity index (χ0n) is 20.9. The largest absolute Gasteiger partial charge is 0.496 e. The highest BCUT2D eigenvalue weighted by Crippen LogP contribution is 2.37. The molecule has 1 unspecified atom stereocenters. The number of benzene rings is 3. The molecule has 1 saturated heterocycles. The van der Waals surface area contributed by atoms with Crippen LogP contribution in [0.15, 0.2) is 67.2 Å². The lowest BCUT2D eigenvalue weighted by atomic mass is 9.95. The van der Waals surface area contributed by atoms with Gasteiger partial charge in [0.2, 0.25) is 0 Å². The van der Waals surface area contributed by atoms with E-state index in [0.29, 0.717) is 36.8 Å². The van der Waals surface area contributed by atoms with E-state index >= 15 is 0 Å². The monoisotopic (exact) mass is 487 g/mol. The summed E-state index contributed by atoms with van der Waals surface area (Å²) < 4.78 is 17.6. The average molecular weight is 488 g/mol. The number of likely N-dealkylation sites (tertiary alicyclic amines) is 1. The standard InChI is InChI=1S/C30H33NO5/c1-4-24-22(13-10-14-25(24)21-11-6-5-7-12-21)20-36-23-17-28(34-2)26(29(18-23)35-3)19-31-16-9-8-15-27(31)30(32)33/h4-7,10-14,17-18,27H,1,8-9,15-16,19-20H2,2-3H3,(H,32,33). The van der Waals surface area contributed by atoms with Crippen molar-refractivity contribution in [3.63, 3.8) is 0 Å². The van der Waals surface area contributed by atoms with Crippen LogP contribution in [0.5, 0.6) is 17.2 Å². The van der Waals surface area contributed by atoms with E-state index < -0.39 is 12.0 Å². The molecule has 1 fully saturated rings. The van der Waals surface area contributed by atoms with Crippen LogP contribution in [-0.2, 0) is 17.9 Å². The third-order valence-corrected chi connectivity index (χ3v) is 6.72. The van der Waals surface area contributed by atoms with Gasteiger partial charge in [-0.1, -0.05) is 67.6 Å². The molecular formula is C30H33NO5. The lowest BCUT2D eigenvalue weighted by Crippen LogP contribution is -2.44. The van der Waals surface area contributed by atoms with E-state index in [9.17, 15) is 9.90 Å². The second-order valence-electron chi connectivity index (χ2n) is 8.86. The third-order valence-electron chi connectivity index (χ3n) is 6.72. The van der Waals surface area contributed by atoms with Crippen LogP contribution in [0.3, 0.4) is 0 Å². The van der Waals surface area contributed by atoms with E-state index in [4.69, 9.17) is 14.2 Å². The smallest absolute Gasteiger partial charge is 0.320 e. The predicted octanol–water partition coefficient (Wildman–Crippen LogP) is 6.03. The molecule has 0 aliphatic carbocycles. The summed E-state index contributed by atoms with van der Waals surface area (Å²) in [5, 5.41) is 9.67. The first-order valence-corrected chi connectivity index (χ1v) is 12.2. The normalized spacial score (nSPS) is 15.8. The Morgan fingerprint density at radius 2 is 1.78 bits per heavy atom. The van der Waals surface area contributed by atoms with E-state index in [0.717, 1.165) is 47.2 Å². The number of piperidine rings is 1. The van der Waals surface area contributed by atoms with Crippen molar-refractivity contribution in [3.05, 3.63) is 83.9 Å². The molecule has 1 atom stereocenters. The first kappa shape index (κ1) is 25.3. The van der Waals surface area contributed by atoms with Gasteiger partial charge in [-0.05, 0) is 41.6 Å². The Labute approximate surface area is 212 Å². The second kappa shape index (κ2) is 11.8. The van der Waals surface area contributed by atoms with Crippen LogP contribution in [0.1, 0.15) is 36.0 Å². The summed E-state index contributed by atoms with van der Waals surface area (Å²) in [5.74, 6) is 1.05. The quantitative estimate of drug-likeness (QED) is 0.377. The highest BCUT2D eigenvalue weighted by Gasteiger charge is 2.30. The maximum Gasteiger partial charge on any atom is 0.320 e. The molecule has 0 bridgehead atoms. The van der Waals surface area contributed by atoms with Crippen molar-refractivity contribution in [1.29, 1.82) is 0 Å². The number of aliphatic carboxylic acids is 1. The van der Waals surface area contributed by atoms with E-state index in [1.807, 2.05) is 53.4 Å². The molecule has 1 aliphatic rings. The van der Waals surface area contributed by atoms with Gasteiger partial charge in [-0.15, -0.1) is 0 Å². The second-order valence-corrected chi connectivity index (χ2v) is 8.86. The fraction of sp³-hybridized carbons (Fsp3) is 0.300. The van der Waals surface area contributed by atoms with Crippen LogP contribution in [0, 0.1) is 0 Å². The topological polar surface area (TPSA) is 68.2 Å².